The minimum absolute atomic E-state index is 0. The van der Waals surface area contributed by atoms with E-state index in [0.717, 1.165) is 32.6 Å². The van der Waals surface area contributed by atoms with Crippen LogP contribution in [-0.4, -0.2) is 42.8 Å². The van der Waals surface area contributed by atoms with Crippen LogP contribution in [0.1, 0.15) is 27.2 Å². The Kier molecular flexibility index (Phi) is 5.05. The molecule has 18 heavy (non-hydrogen) atoms. The van der Waals surface area contributed by atoms with E-state index >= 15 is 0 Å². The van der Waals surface area contributed by atoms with Crippen molar-refractivity contribution in [2.24, 2.45) is 5.92 Å². The minimum atomic E-state index is -0.405. The summed E-state index contributed by atoms with van der Waals surface area (Å²) in [5.74, 6) is 0.525. The Morgan fingerprint density at radius 1 is 1.50 bits per heavy atom. The fraction of sp³-hybridized carbons (Fsp3) is 0.769. The van der Waals surface area contributed by atoms with E-state index in [1.54, 1.807) is 0 Å². The number of fused-ring (bicyclic) bond motifs is 1. The normalized spacial score (nSPS) is 23.6. The molecule has 1 unspecified atom stereocenters. The molecule has 0 aliphatic carbocycles. The zero-order valence-corrected chi connectivity index (χ0v) is 12.2. The summed E-state index contributed by atoms with van der Waals surface area (Å²) in [5.41, 5.74) is 0.985. The molecular formula is C13H23ClN2O2. The number of likely N-dealkylation sites (tertiary alicyclic amines) is 1. The fourth-order valence-corrected chi connectivity index (χ4v) is 2.35. The van der Waals surface area contributed by atoms with E-state index < -0.39 is 5.60 Å². The maximum absolute atomic E-state index is 12.0. The van der Waals surface area contributed by atoms with Crippen molar-refractivity contribution in [2.75, 3.05) is 26.2 Å². The summed E-state index contributed by atoms with van der Waals surface area (Å²) in [4.78, 5) is 13.8. The van der Waals surface area contributed by atoms with E-state index in [9.17, 15) is 4.79 Å². The van der Waals surface area contributed by atoms with Crippen LogP contribution in [0.5, 0.6) is 0 Å². The highest BCUT2D eigenvalue weighted by atomic mass is 35.5. The third-order valence-electron chi connectivity index (χ3n) is 3.17. The van der Waals surface area contributed by atoms with Crippen LogP contribution in [0.15, 0.2) is 11.6 Å². The summed E-state index contributed by atoms with van der Waals surface area (Å²) in [6.07, 6.45) is 3.16. The standard InChI is InChI=1S/C13H22N2O2.ClH/c1-13(2,3)17-12(16)15-8-10-4-6-14-7-5-11(10)9-15;/h4,11,14H,5-9H2,1-3H3;1H. The zero-order valence-electron chi connectivity index (χ0n) is 11.4. The van der Waals surface area contributed by atoms with Crippen LogP contribution < -0.4 is 5.32 Å². The Morgan fingerprint density at radius 3 is 2.89 bits per heavy atom. The minimum Gasteiger partial charge on any atom is -0.444 e. The van der Waals surface area contributed by atoms with Crippen molar-refractivity contribution >= 4 is 18.5 Å². The zero-order chi connectivity index (χ0) is 12.5. The lowest BCUT2D eigenvalue weighted by molar-refractivity contribution is 0.0290. The molecule has 1 amide bonds. The molecule has 5 heteroatoms. The summed E-state index contributed by atoms with van der Waals surface area (Å²) in [5, 5.41) is 3.35. The van der Waals surface area contributed by atoms with Gasteiger partial charge in [0.05, 0.1) is 0 Å². The lowest BCUT2D eigenvalue weighted by atomic mass is 10.0. The van der Waals surface area contributed by atoms with Crippen LogP contribution in [0.25, 0.3) is 0 Å². The predicted octanol–water partition coefficient (Wildman–Crippen LogP) is 2.19. The van der Waals surface area contributed by atoms with Crippen LogP contribution >= 0.6 is 12.4 Å². The summed E-state index contributed by atoms with van der Waals surface area (Å²) in [6, 6.07) is 0. The van der Waals surface area contributed by atoms with E-state index in [1.165, 1.54) is 5.57 Å². The van der Waals surface area contributed by atoms with Gasteiger partial charge in [-0.3, -0.25) is 0 Å². The van der Waals surface area contributed by atoms with Gasteiger partial charge in [0.1, 0.15) is 5.60 Å². The van der Waals surface area contributed by atoms with Gasteiger partial charge in [0.2, 0.25) is 0 Å². The molecule has 2 aliphatic heterocycles. The molecule has 1 saturated heterocycles. The number of carbonyl (C=O) groups excluding carboxylic acids is 1. The van der Waals surface area contributed by atoms with E-state index in [4.69, 9.17) is 4.74 Å². The maximum atomic E-state index is 12.0. The molecule has 1 fully saturated rings. The Bertz CT molecular complexity index is 336. The summed E-state index contributed by atoms with van der Waals surface area (Å²) >= 11 is 0. The van der Waals surface area contributed by atoms with Crippen molar-refractivity contribution in [3.63, 3.8) is 0 Å². The van der Waals surface area contributed by atoms with Gasteiger partial charge in [0, 0.05) is 25.6 Å². The highest BCUT2D eigenvalue weighted by Crippen LogP contribution is 2.27. The number of amides is 1. The monoisotopic (exact) mass is 274 g/mol. The molecule has 0 aromatic heterocycles. The van der Waals surface area contributed by atoms with Gasteiger partial charge in [-0.25, -0.2) is 4.79 Å². The second kappa shape index (κ2) is 5.93. The molecule has 2 rings (SSSR count). The van der Waals surface area contributed by atoms with Crippen LogP contribution in [-0.2, 0) is 4.74 Å². The number of carbonyl (C=O) groups is 1. The first-order chi connectivity index (χ1) is 7.96. The first-order valence-electron chi connectivity index (χ1n) is 6.33. The van der Waals surface area contributed by atoms with E-state index in [-0.39, 0.29) is 18.5 Å². The predicted molar refractivity (Wildman–Crippen MR) is 74.1 cm³/mol. The van der Waals surface area contributed by atoms with Crippen LogP contribution in [0.3, 0.4) is 0 Å². The Morgan fingerprint density at radius 2 is 2.22 bits per heavy atom. The highest BCUT2D eigenvalue weighted by Gasteiger charge is 2.33. The number of ether oxygens (including phenoxy) is 1. The summed E-state index contributed by atoms with van der Waals surface area (Å²) < 4.78 is 5.40. The number of nitrogens with zero attached hydrogens (tertiary/aromatic N) is 1. The van der Waals surface area contributed by atoms with Gasteiger partial charge in [0.15, 0.2) is 0 Å². The number of hydrogen-bond donors (Lipinski definition) is 1. The average molecular weight is 275 g/mol. The first kappa shape index (κ1) is 15.3. The molecule has 1 atom stereocenters. The molecule has 4 nitrogen and oxygen atoms in total. The number of rotatable bonds is 0. The molecule has 0 spiro atoms. The molecule has 2 aliphatic rings. The molecule has 0 bridgehead atoms. The SMILES string of the molecule is CC(C)(C)OC(=O)N1CC2=CCNCCC2C1.Cl. The molecule has 1 N–H and O–H groups in total. The Hall–Kier alpha value is -0.740. The number of nitrogens with one attached hydrogen (secondary N) is 1. The average Bonchev–Trinajstić information content (AvgIpc) is 2.48. The molecular weight excluding hydrogens is 252 g/mol. The van der Waals surface area contributed by atoms with E-state index in [2.05, 4.69) is 11.4 Å². The summed E-state index contributed by atoms with van der Waals surface area (Å²) in [7, 11) is 0. The number of halogens is 1. The van der Waals surface area contributed by atoms with Gasteiger partial charge >= 0.3 is 6.09 Å². The molecule has 0 saturated carbocycles. The van der Waals surface area contributed by atoms with Crippen molar-refractivity contribution < 1.29 is 9.53 Å². The Labute approximate surface area is 115 Å². The maximum Gasteiger partial charge on any atom is 0.410 e. The molecule has 0 radical (unpaired) electrons. The largest absolute Gasteiger partial charge is 0.444 e. The third kappa shape index (κ3) is 3.89. The Balaban J connectivity index is 0.00000162. The smallest absolute Gasteiger partial charge is 0.410 e. The van der Waals surface area contributed by atoms with Crippen molar-refractivity contribution in [3.05, 3.63) is 11.6 Å². The second-order valence-electron chi connectivity index (χ2n) is 5.83. The lowest BCUT2D eigenvalue weighted by Gasteiger charge is -2.24. The third-order valence-corrected chi connectivity index (χ3v) is 3.17. The van der Waals surface area contributed by atoms with Crippen molar-refractivity contribution in [3.8, 4) is 0 Å². The highest BCUT2D eigenvalue weighted by molar-refractivity contribution is 5.85. The van der Waals surface area contributed by atoms with Crippen LogP contribution in [0, 0.1) is 5.92 Å². The fourth-order valence-electron chi connectivity index (χ4n) is 2.35. The lowest BCUT2D eigenvalue weighted by Crippen LogP contribution is -2.35. The molecule has 0 aromatic carbocycles. The van der Waals surface area contributed by atoms with Gasteiger partial charge in [-0.1, -0.05) is 6.08 Å². The van der Waals surface area contributed by atoms with Crippen LogP contribution in [0.4, 0.5) is 4.79 Å². The van der Waals surface area contributed by atoms with Gasteiger partial charge in [0.25, 0.3) is 0 Å². The first-order valence-corrected chi connectivity index (χ1v) is 6.33. The number of hydrogen-bond acceptors (Lipinski definition) is 3. The van der Waals surface area contributed by atoms with Crippen molar-refractivity contribution in [2.45, 2.75) is 32.8 Å². The van der Waals surface area contributed by atoms with Gasteiger partial charge in [-0.2, -0.15) is 0 Å². The molecule has 104 valence electrons. The van der Waals surface area contributed by atoms with E-state index in [1.807, 2.05) is 25.7 Å². The summed E-state index contributed by atoms with van der Waals surface area (Å²) in [6.45, 7) is 9.22. The van der Waals surface area contributed by atoms with Crippen LogP contribution in [0.2, 0.25) is 0 Å². The molecule has 0 aromatic rings. The van der Waals surface area contributed by atoms with Crippen molar-refractivity contribution in [1.29, 1.82) is 0 Å². The second-order valence-corrected chi connectivity index (χ2v) is 5.83. The van der Waals surface area contributed by atoms with Gasteiger partial charge < -0.3 is 15.0 Å². The molecule has 2 heterocycles. The topological polar surface area (TPSA) is 41.6 Å². The quantitative estimate of drug-likeness (QED) is 0.689. The van der Waals surface area contributed by atoms with Gasteiger partial charge in [-0.05, 0) is 39.3 Å². The van der Waals surface area contributed by atoms with Crippen molar-refractivity contribution in [1.82, 2.24) is 10.2 Å². The van der Waals surface area contributed by atoms with E-state index in [0.29, 0.717) is 5.92 Å². The van der Waals surface area contributed by atoms with Gasteiger partial charge in [-0.15, -0.1) is 12.4 Å².